The molecule has 51 heavy (non-hydrogen) atoms. The topological polar surface area (TPSA) is 113 Å². The maximum absolute atomic E-state index is 14.8. The monoisotopic (exact) mass is 706 g/mol. The zero-order valence-corrected chi connectivity index (χ0v) is 29.5. The number of hydrogen-bond acceptors (Lipinski definition) is 8. The van der Waals surface area contributed by atoms with Gasteiger partial charge in [-0.1, -0.05) is 35.9 Å². The lowest BCUT2D eigenvalue weighted by Crippen LogP contribution is -2.52. The third-order valence-electron chi connectivity index (χ3n) is 9.81. The Labute approximate surface area is 301 Å². The molecule has 1 saturated heterocycles. The van der Waals surface area contributed by atoms with Gasteiger partial charge in [-0.3, -0.25) is 19.4 Å². The molecule has 0 aliphatic carbocycles. The highest BCUT2D eigenvalue weighted by Gasteiger charge is 2.34. The van der Waals surface area contributed by atoms with Crippen molar-refractivity contribution >= 4 is 34.8 Å². The van der Waals surface area contributed by atoms with Crippen molar-refractivity contribution in [2.45, 2.75) is 25.9 Å². The molecule has 2 aliphatic rings. The SMILES string of the molecule is COc1ncc(N(C(=O)c2cc(-c3cc(Cl)ccc3C(=O)N3Cc4ccccc4C[C@H]3CN3CCOCC3)n(C)c2C)c2ccc(O)cc2)cn1. The summed E-state index contributed by atoms with van der Waals surface area (Å²) in [5.41, 5.74) is 6.21. The van der Waals surface area contributed by atoms with E-state index >= 15 is 0 Å². The standard InChI is InChI=1S/C39H39ClN6O5/c1-25-34(38(49)46(29-9-11-32(47)12-10-29)31-21-41-39(50-3)42-22-31)20-36(43(25)2)35-19-28(40)8-13-33(35)37(48)45-23-27-7-5-4-6-26(27)18-30(45)24-44-14-16-51-17-15-44/h4-13,19-22,30,47H,14-18,23-24H2,1-3H3/t30-/m0/s1. The molecular weight excluding hydrogens is 668 g/mol. The normalized spacial score (nSPS) is 16.1. The number of ether oxygens (including phenoxy) is 2. The number of fused-ring (bicyclic) bond motifs is 1. The molecule has 2 aromatic heterocycles. The summed E-state index contributed by atoms with van der Waals surface area (Å²) in [5, 5.41) is 10.5. The van der Waals surface area contributed by atoms with E-state index in [1.54, 1.807) is 36.4 Å². The molecular formula is C39H39ClN6O5. The van der Waals surface area contributed by atoms with E-state index in [9.17, 15) is 14.7 Å². The van der Waals surface area contributed by atoms with Gasteiger partial charge >= 0.3 is 6.01 Å². The van der Waals surface area contributed by atoms with E-state index in [0.29, 0.717) is 64.2 Å². The van der Waals surface area contributed by atoms with E-state index in [1.165, 1.54) is 42.1 Å². The van der Waals surface area contributed by atoms with E-state index < -0.39 is 0 Å². The number of anilines is 2. The molecule has 12 heteroatoms. The Bertz CT molecular complexity index is 2060. The van der Waals surface area contributed by atoms with Crippen LogP contribution in [0.5, 0.6) is 11.8 Å². The number of phenols is 1. The Balaban J connectivity index is 1.27. The van der Waals surface area contributed by atoms with Crippen molar-refractivity contribution in [1.29, 1.82) is 0 Å². The van der Waals surface area contributed by atoms with Crippen LogP contribution < -0.4 is 9.64 Å². The molecule has 5 aromatic rings. The van der Waals surface area contributed by atoms with Gasteiger partial charge in [-0.15, -0.1) is 0 Å². The lowest BCUT2D eigenvalue weighted by atomic mass is 9.92. The van der Waals surface area contributed by atoms with Gasteiger partial charge in [0, 0.05) is 72.5 Å². The third-order valence-corrected chi connectivity index (χ3v) is 10.0. The summed E-state index contributed by atoms with van der Waals surface area (Å²) in [5.74, 6) is -0.373. The van der Waals surface area contributed by atoms with Crippen LogP contribution in [0.3, 0.4) is 0 Å². The molecule has 0 bridgehead atoms. The van der Waals surface area contributed by atoms with Crippen molar-refractivity contribution in [3.63, 3.8) is 0 Å². The van der Waals surface area contributed by atoms with Crippen LogP contribution in [0.4, 0.5) is 11.4 Å². The van der Waals surface area contributed by atoms with Gasteiger partial charge in [0.15, 0.2) is 0 Å². The molecule has 1 atom stereocenters. The predicted octanol–water partition coefficient (Wildman–Crippen LogP) is 6.04. The van der Waals surface area contributed by atoms with E-state index in [4.69, 9.17) is 21.1 Å². The first-order valence-electron chi connectivity index (χ1n) is 16.9. The van der Waals surface area contributed by atoms with E-state index in [-0.39, 0.29) is 29.6 Å². The van der Waals surface area contributed by atoms with Crippen LogP contribution >= 0.6 is 11.6 Å². The average Bonchev–Trinajstić information content (AvgIpc) is 3.45. The third kappa shape index (κ3) is 6.92. The summed E-state index contributed by atoms with van der Waals surface area (Å²) < 4.78 is 12.6. The number of phenolic OH excluding ortho intramolecular Hbond substituents is 1. The van der Waals surface area contributed by atoms with Gasteiger partial charge < -0.3 is 24.0 Å². The smallest absolute Gasteiger partial charge is 0.316 e. The second kappa shape index (κ2) is 14.6. The summed E-state index contributed by atoms with van der Waals surface area (Å²) in [6, 6.07) is 21.9. The Morgan fingerprint density at radius 1 is 0.961 bits per heavy atom. The zero-order valence-electron chi connectivity index (χ0n) is 28.8. The summed E-state index contributed by atoms with van der Waals surface area (Å²) in [4.78, 5) is 43.6. The first-order valence-corrected chi connectivity index (χ1v) is 17.2. The largest absolute Gasteiger partial charge is 0.508 e. The Hall–Kier alpha value is -5.23. The van der Waals surface area contributed by atoms with Gasteiger partial charge in [-0.2, -0.15) is 0 Å². The summed E-state index contributed by atoms with van der Waals surface area (Å²) in [6.45, 7) is 6.13. The maximum Gasteiger partial charge on any atom is 0.316 e. The van der Waals surface area contributed by atoms with Gasteiger partial charge in [-0.25, -0.2) is 9.97 Å². The van der Waals surface area contributed by atoms with Crippen LogP contribution in [0.25, 0.3) is 11.3 Å². The van der Waals surface area contributed by atoms with Crippen LogP contribution in [0, 0.1) is 6.92 Å². The highest BCUT2D eigenvalue weighted by atomic mass is 35.5. The number of amides is 2. The minimum absolute atomic E-state index is 0.0353. The molecule has 262 valence electrons. The minimum Gasteiger partial charge on any atom is -0.508 e. The second-order valence-electron chi connectivity index (χ2n) is 12.8. The van der Waals surface area contributed by atoms with Gasteiger partial charge in [0.2, 0.25) is 0 Å². The molecule has 2 amide bonds. The fourth-order valence-corrected chi connectivity index (χ4v) is 7.12. The first-order chi connectivity index (χ1) is 24.7. The molecule has 2 aliphatic heterocycles. The lowest BCUT2D eigenvalue weighted by molar-refractivity contribution is 0.0193. The number of aromatic hydroxyl groups is 1. The lowest BCUT2D eigenvalue weighted by Gasteiger charge is -2.40. The van der Waals surface area contributed by atoms with Crippen LogP contribution in [-0.2, 0) is 24.8 Å². The number of rotatable bonds is 8. The van der Waals surface area contributed by atoms with Crippen molar-refractivity contribution in [2.24, 2.45) is 7.05 Å². The number of aromatic nitrogens is 3. The number of carbonyl (C=O) groups excluding carboxylic acids is 2. The molecule has 3 aromatic carbocycles. The van der Waals surface area contributed by atoms with Crippen molar-refractivity contribution in [1.82, 2.24) is 24.3 Å². The van der Waals surface area contributed by atoms with Gasteiger partial charge in [0.05, 0.1) is 44.0 Å². The highest BCUT2D eigenvalue weighted by Crippen LogP contribution is 2.36. The summed E-state index contributed by atoms with van der Waals surface area (Å²) in [7, 11) is 3.34. The fraction of sp³-hybridized carbons (Fsp3) is 0.282. The van der Waals surface area contributed by atoms with E-state index in [2.05, 4.69) is 33.1 Å². The number of hydrogen-bond donors (Lipinski definition) is 1. The summed E-state index contributed by atoms with van der Waals surface area (Å²) in [6.07, 6.45) is 3.77. The highest BCUT2D eigenvalue weighted by molar-refractivity contribution is 6.31. The second-order valence-corrected chi connectivity index (χ2v) is 13.3. The number of morpholine rings is 1. The molecule has 1 fully saturated rings. The molecule has 11 nitrogen and oxygen atoms in total. The Morgan fingerprint density at radius 2 is 1.67 bits per heavy atom. The number of benzene rings is 3. The maximum atomic E-state index is 14.8. The van der Waals surface area contributed by atoms with Crippen LogP contribution in [0.1, 0.15) is 37.5 Å². The van der Waals surface area contributed by atoms with Crippen LogP contribution in [0.2, 0.25) is 5.02 Å². The molecule has 1 N–H and O–H groups in total. The average molecular weight is 707 g/mol. The number of halogens is 1. The number of carbonyl (C=O) groups is 2. The molecule has 4 heterocycles. The van der Waals surface area contributed by atoms with E-state index in [1.807, 2.05) is 29.5 Å². The van der Waals surface area contributed by atoms with Crippen molar-refractivity contribution < 1.29 is 24.2 Å². The predicted molar refractivity (Wildman–Crippen MR) is 195 cm³/mol. The van der Waals surface area contributed by atoms with Gasteiger partial charge in [0.25, 0.3) is 11.8 Å². The van der Waals surface area contributed by atoms with Crippen molar-refractivity contribution in [3.05, 3.63) is 118 Å². The first kappa shape index (κ1) is 34.2. The molecule has 0 unspecified atom stereocenters. The van der Waals surface area contributed by atoms with Crippen LogP contribution in [-0.4, -0.2) is 87.3 Å². The summed E-state index contributed by atoms with van der Waals surface area (Å²) >= 11 is 6.62. The van der Waals surface area contributed by atoms with Gasteiger partial charge in [0.1, 0.15) is 5.75 Å². The molecule has 7 rings (SSSR count). The number of nitrogens with zero attached hydrogens (tertiary/aromatic N) is 6. The zero-order chi connectivity index (χ0) is 35.6. The Kier molecular flexibility index (Phi) is 9.77. The molecule has 0 spiro atoms. The molecule has 0 saturated carbocycles. The van der Waals surface area contributed by atoms with E-state index in [0.717, 1.165) is 31.6 Å². The fourth-order valence-electron chi connectivity index (χ4n) is 6.95. The Morgan fingerprint density at radius 3 is 2.37 bits per heavy atom. The quantitative estimate of drug-likeness (QED) is 0.208. The van der Waals surface area contributed by atoms with Crippen LogP contribution in [0.15, 0.2) is 85.2 Å². The van der Waals surface area contributed by atoms with Crippen molar-refractivity contribution in [3.8, 4) is 23.0 Å². The van der Waals surface area contributed by atoms with Crippen molar-refractivity contribution in [2.75, 3.05) is 44.9 Å². The van der Waals surface area contributed by atoms with Gasteiger partial charge in [-0.05, 0) is 73.0 Å². The minimum atomic E-state index is -0.345. The molecule has 0 radical (unpaired) electrons. The number of methoxy groups -OCH3 is 1.